The second kappa shape index (κ2) is 11.0. The van der Waals surface area contributed by atoms with Crippen LogP contribution in [0.4, 0.5) is 19.0 Å². The van der Waals surface area contributed by atoms with Gasteiger partial charge < -0.3 is 9.84 Å². The molecule has 2 saturated heterocycles. The number of halogens is 7. The van der Waals surface area contributed by atoms with E-state index in [2.05, 4.69) is 20.9 Å². The highest BCUT2D eigenvalue weighted by molar-refractivity contribution is 9.09. The van der Waals surface area contributed by atoms with Gasteiger partial charge in [0.05, 0.1) is 29.4 Å². The largest absolute Gasteiger partial charge is 0.508 e. The monoisotopic (exact) mass is 764 g/mol. The second-order valence-electron chi connectivity index (χ2n) is 11.4. The molecule has 4 aliphatic rings. The lowest BCUT2D eigenvalue weighted by atomic mass is 9.56. The molecule has 0 radical (unpaired) electrons. The van der Waals surface area contributed by atoms with Gasteiger partial charge in [0.15, 0.2) is 15.6 Å². The molecule has 6 rings (SSSR count). The third kappa shape index (κ3) is 4.32. The number of alkyl halides is 6. The summed E-state index contributed by atoms with van der Waals surface area (Å²) in [5.41, 5.74) is -1.09. The summed E-state index contributed by atoms with van der Waals surface area (Å²) in [6.45, 7) is 0. The fraction of sp³-hybridized carbons (Fsp3) is 0.414. The number of fused-ring (bicyclic) bond motifs is 4. The number of hydrazine groups is 1. The SMILES string of the molecule is COc1cccc(O)c1[C@H]1C2=CC[C@@H]3C(=O)N(N(C)c4nc(C(F)(F)F)ccc4Cl)C(=O)[C@@H]3[C@@H]2C[C@@]2(Cl)C(=O)N(CBr)C(=O)[C@@]12Cl. The smallest absolute Gasteiger partial charge is 0.433 e. The lowest BCUT2D eigenvalue weighted by Gasteiger charge is -2.50. The molecule has 6 atom stereocenters. The number of rotatable bonds is 5. The molecule has 3 fully saturated rings. The molecule has 2 aliphatic carbocycles. The average molecular weight is 767 g/mol. The summed E-state index contributed by atoms with van der Waals surface area (Å²) in [4.78, 5) is 55.8. The Morgan fingerprint density at radius 3 is 2.43 bits per heavy atom. The van der Waals surface area contributed by atoms with Crippen molar-refractivity contribution in [1.82, 2.24) is 14.9 Å². The number of imide groups is 2. The highest BCUT2D eigenvalue weighted by atomic mass is 79.9. The molecule has 0 unspecified atom stereocenters. The molecule has 0 spiro atoms. The van der Waals surface area contributed by atoms with Crippen molar-refractivity contribution in [3.8, 4) is 11.5 Å². The van der Waals surface area contributed by atoms with E-state index in [0.717, 1.165) is 16.0 Å². The number of phenols is 1. The molecule has 3 heterocycles. The number of aromatic nitrogens is 1. The lowest BCUT2D eigenvalue weighted by molar-refractivity contribution is -0.142. The van der Waals surface area contributed by atoms with Crippen molar-refractivity contribution < 1.29 is 42.2 Å². The lowest BCUT2D eigenvalue weighted by Crippen LogP contribution is -2.60. The van der Waals surface area contributed by atoms with Crippen LogP contribution in [0.1, 0.15) is 30.0 Å². The van der Waals surface area contributed by atoms with E-state index >= 15 is 0 Å². The number of nitrogens with zero attached hydrogens (tertiary/aromatic N) is 4. The van der Waals surface area contributed by atoms with Gasteiger partial charge in [-0.3, -0.25) is 29.1 Å². The fourth-order valence-electron chi connectivity index (χ4n) is 7.26. The van der Waals surface area contributed by atoms with Crippen molar-refractivity contribution in [2.75, 3.05) is 24.6 Å². The summed E-state index contributed by atoms with van der Waals surface area (Å²) in [6, 6.07) is 6.01. The molecule has 1 saturated carbocycles. The van der Waals surface area contributed by atoms with E-state index in [4.69, 9.17) is 39.5 Å². The molecule has 1 aromatic heterocycles. The van der Waals surface area contributed by atoms with Gasteiger partial charge in [-0.25, -0.2) is 4.98 Å². The number of carbonyl (C=O) groups is 4. The van der Waals surface area contributed by atoms with Crippen LogP contribution >= 0.6 is 50.7 Å². The van der Waals surface area contributed by atoms with Gasteiger partial charge in [-0.2, -0.15) is 18.2 Å². The number of amides is 4. The Morgan fingerprint density at radius 1 is 1.11 bits per heavy atom. The van der Waals surface area contributed by atoms with Crippen LogP contribution in [0, 0.1) is 17.8 Å². The number of phenolic OH excluding ortho intramolecular Hbond substituents is 1. The number of anilines is 1. The van der Waals surface area contributed by atoms with E-state index in [1.54, 1.807) is 6.08 Å². The maximum Gasteiger partial charge on any atom is 0.433 e. The Hall–Kier alpha value is -3.07. The number of aromatic hydroxyl groups is 1. The van der Waals surface area contributed by atoms with Crippen LogP contribution in [0.2, 0.25) is 5.02 Å². The number of carbonyl (C=O) groups excluding carboxylic acids is 4. The Balaban J connectivity index is 1.49. The van der Waals surface area contributed by atoms with Crippen molar-refractivity contribution in [2.24, 2.45) is 17.8 Å². The minimum atomic E-state index is -4.83. The van der Waals surface area contributed by atoms with E-state index in [1.807, 2.05) is 0 Å². The summed E-state index contributed by atoms with van der Waals surface area (Å²) in [5, 5.41) is 12.4. The molecule has 10 nitrogen and oxygen atoms in total. The van der Waals surface area contributed by atoms with Crippen molar-refractivity contribution in [1.29, 1.82) is 0 Å². The summed E-state index contributed by atoms with van der Waals surface area (Å²) in [6.07, 6.45) is -3.56. The van der Waals surface area contributed by atoms with Crippen LogP contribution < -0.4 is 9.75 Å². The maximum absolute atomic E-state index is 14.2. The Morgan fingerprint density at radius 2 is 1.80 bits per heavy atom. The number of pyridine rings is 1. The number of hydrogen-bond donors (Lipinski definition) is 1. The number of allylic oxidation sites excluding steroid dienone is 2. The molecule has 17 heteroatoms. The van der Waals surface area contributed by atoms with E-state index < -0.39 is 74.7 Å². The summed E-state index contributed by atoms with van der Waals surface area (Å²) < 4.78 is 46.0. The predicted molar refractivity (Wildman–Crippen MR) is 163 cm³/mol. The minimum Gasteiger partial charge on any atom is -0.508 e. The Bertz CT molecular complexity index is 1750. The number of ether oxygens (including phenoxy) is 1. The number of benzene rings is 1. The zero-order valence-corrected chi connectivity index (χ0v) is 27.7. The number of hydrogen-bond acceptors (Lipinski definition) is 8. The first-order valence-corrected chi connectivity index (χ1v) is 16.0. The van der Waals surface area contributed by atoms with E-state index in [0.29, 0.717) is 16.6 Å². The van der Waals surface area contributed by atoms with Gasteiger partial charge in [-0.15, -0.1) is 23.2 Å². The van der Waals surface area contributed by atoms with Gasteiger partial charge in [0.2, 0.25) is 0 Å². The quantitative estimate of drug-likeness (QED) is 0.190. The van der Waals surface area contributed by atoms with Crippen LogP contribution in [-0.2, 0) is 25.4 Å². The molecule has 244 valence electrons. The molecule has 4 amide bonds. The van der Waals surface area contributed by atoms with Gasteiger partial charge >= 0.3 is 6.18 Å². The van der Waals surface area contributed by atoms with E-state index in [1.165, 1.54) is 32.4 Å². The van der Waals surface area contributed by atoms with Gasteiger partial charge in [-0.05, 0) is 43.0 Å². The van der Waals surface area contributed by atoms with Crippen LogP contribution in [0.15, 0.2) is 42.0 Å². The van der Waals surface area contributed by atoms with Crippen LogP contribution in [0.25, 0.3) is 0 Å². The van der Waals surface area contributed by atoms with Crippen LogP contribution in [-0.4, -0.2) is 73.0 Å². The van der Waals surface area contributed by atoms with Crippen molar-refractivity contribution in [2.45, 2.75) is 34.7 Å². The third-order valence-corrected chi connectivity index (χ3v) is 11.5. The highest BCUT2D eigenvalue weighted by Crippen LogP contribution is 2.67. The first-order chi connectivity index (χ1) is 21.5. The minimum absolute atomic E-state index is 0.0336. The molecular weight excluding hydrogens is 744 g/mol. The molecular formula is C29H23BrCl3F3N4O6. The molecule has 2 aliphatic heterocycles. The summed E-state index contributed by atoms with van der Waals surface area (Å²) >= 11 is 23.7. The fourth-order valence-corrected chi connectivity index (χ4v) is 8.90. The normalized spacial score (nSPS) is 30.7. The van der Waals surface area contributed by atoms with Gasteiger partial charge in [0, 0.05) is 18.5 Å². The van der Waals surface area contributed by atoms with E-state index in [-0.39, 0.29) is 40.4 Å². The third-order valence-electron chi connectivity index (χ3n) is 9.27. The van der Waals surface area contributed by atoms with Crippen molar-refractivity contribution >= 4 is 80.2 Å². The molecule has 1 N–H and O–H groups in total. The average Bonchev–Trinajstić information content (AvgIpc) is 3.34. The van der Waals surface area contributed by atoms with Gasteiger partial charge in [0.25, 0.3) is 23.6 Å². The Labute approximate surface area is 283 Å². The molecule has 46 heavy (non-hydrogen) atoms. The standard InChI is InChI=1S/C29H23BrCl3F3N4O6/c1-38(22-15(31)8-9-18(37-22)29(34,35)36)40-23(42)13-7-6-12-14(19(13)24(40)43)10-27(32)25(44)39(11-30)26(45)28(27,33)21(12)20-16(41)4-3-5-17(20)46-2/h3-6,8-9,13-14,19,21,41H,7,10-11H2,1-2H3/t13-,14+,19-,21+,27+,28-/m0/s1. The first-order valence-electron chi connectivity index (χ1n) is 13.8. The van der Waals surface area contributed by atoms with Gasteiger partial charge in [0.1, 0.15) is 17.2 Å². The van der Waals surface area contributed by atoms with Crippen LogP contribution in [0.3, 0.4) is 0 Å². The van der Waals surface area contributed by atoms with Gasteiger partial charge in [-0.1, -0.05) is 45.2 Å². The maximum atomic E-state index is 14.2. The summed E-state index contributed by atoms with van der Waals surface area (Å²) in [5.74, 6) is -8.31. The second-order valence-corrected chi connectivity index (χ2v) is 13.5. The van der Waals surface area contributed by atoms with Crippen LogP contribution in [0.5, 0.6) is 11.5 Å². The topological polar surface area (TPSA) is 120 Å². The number of likely N-dealkylation sites (tertiary alicyclic amines) is 1. The Kier molecular flexibility index (Phi) is 7.85. The zero-order valence-electron chi connectivity index (χ0n) is 23.8. The van der Waals surface area contributed by atoms with Crippen molar-refractivity contribution in [3.05, 3.63) is 58.3 Å². The van der Waals surface area contributed by atoms with E-state index in [9.17, 15) is 37.5 Å². The summed E-state index contributed by atoms with van der Waals surface area (Å²) in [7, 11) is 2.53. The highest BCUT2D eigenvalue weighted by Gasteiger charge is 2.77. The molecule has 1 aromatic carbocycles. The predicted octanol–water partition coefficient (Wildman–Crippen LogP) is 5.23. The molecule has 0 bridgehead atoms. The first kappa shape index (κ1) is 32.9. The number of methoxy groups -OCH3 is 1. The zero-order chi connectivity index (χ0) is 33.7. The van der Waals surface area contributed by atoms with Crippen molar-refractivity contribution in [3.63, 3.8) is 0 Å². The molecule has 2 aromatic rings.